The van der Waals surface area contributed by atoms with Crippen LogP contribution in [0.15, 0.2) is 47.4 Å². The molecule has 160 valence electrons. The molecular weight excluding hydrogens is 410 g/mol. The highest BCUT2D eigenvalue weighted by Gasteiger charge is 2.27. The van der Waals surface area contributed by atoms with Gasteiger partial charge in [0.25, 0.3) is 11.6 Å². The number of nitrogens with zero attached hydrogens (tertiary/aromatic N) is 2. The van der Waals surface area contributed by atoms with Gasteiger partial charge in [-0.2, -0.15) is 4.31 Å². The van der Waals surface area contributed by atoms with Gasteiger partial charge in [-0.1, -0.05) is 6.07 Å². The van der Waals surface area contributed by atoms with E-state index in [4.69, 9.17) is 4.74 Å². The number of carbonyl (C=O) groups excluding carboxylic acids is 1. The molecule has 10 heteroatoms. The van der Waals surface area contributed by atoms with Crippen LogP contribution in [-0.2, 0) is 10.0 Å². The van der Waals surface area contributed by atoms with Crippen LogP contribution in [0.5, 0.6) is 5.75 Å². The highest BCUT2D eigenvalue weighted by molar-refractivity contribution is 7.89. The number of hydrogen-bond donors (Lipinski definition) is 1. The zero-order chi connectivity index (χ0) is 21.7. The molecule has 3 rings (SSSR count). The lowest BCUT2D eigenvalue weighted by atomic mass is 10.1. The minimum atomic E-state index is -3.46. The Balaban J connectivity index is 1.52. The van der Waals surface area contributed by atoms with E-state index in [1.165, 1.54) is 41.6 Å². The molecule has 1 N–H and O–H groups in total. The number of carbonyl (C=O) groups is 1. The minimum Gasteiger partial charge on any atom is -0.492 e. The fraction of sp³-hybridized carbons (Fsp3) is 0.350. The molecule has 9 nitrogen and oxygen atoms in total. The fourth-order valence-corrected chi connectivity index (χ4v) is 4.80. The van der Waals surface area contributed by atoms with Crippen LogP contribution in [0.2, 0.25) is 0 Å². The molecule has 0 unspecified atom stereocenters. The van der Waals surface area contributed by atoms with Crippen LogP contribution >= 0.6 is 0 Å². The number of hydrogen-bond acceptors (Lipinski definition) is 6. The Labute approximate surface area is 174 Å². The van der Waals surface area contributed by atoms with E-state index in [9.17, 15) is 23.3 Å². The second-order valence-corrected chi connectivity index (χ2v) is 8.83. The predicted molar refractivity (Wildman–Crippen MR) is 110 cm³/mol. The quantitative estimate of drug-likeness (QED) is 0.388. The Bertz CT molecular complexity index is 1030. The molecule has 0 aliphatic carbocycles. The van der Waals surface area contributed by atoms with E-state index in [1.54, 1.807) is 12.1 Å². The summed E-state index contributed by atoms with van der Waals surface area (Å²) in [7, 11) is -3.46. The van der Waals surface area contributed by atoms with Crippen molar-refractivity contribution in [3.63, 3.8) is 0 Å². The first-order valence-corrected chi connectivity index (χ1v) is 11.0. The molecule has 0 bridgehead atoms. The molecule has 1 aliphatic heterocycles. The van der Waals surface area contributed by atoms with Gasteiger partial charge in [-0.25, -0.2) is 8.42 Å². The summed E-state index contributed by atoms with van der Waals surface area (Å²) in [6.45, 7) is 2.97. The van der Waals surface area contributed by atoms with Crippen molar-refractivity contribution in [3.8, 4) is 5.75 Å². The molecule has 1 heterocycles. The third kappa shape index (κ3) is 4.77. The lowest BCUT2D eigenvalue weighted by Crippen LogP contribution is -2.29. The fourth-order valence-electron chi connectivity index (χ4n) is 3.28. The SMILES string of the molecule is Cc1c(C(=O)NCCOc2ccc(S(=O)(=O)N3CCCC3)cc2)cccc1[N+](=O)[O-]. The standard InChI is InChI=1S/C20H23N3O6S/c1-15-18(5-4-6-19(15)23(25)26)20(24)21-11-14-29-16-7-9-17(10-8-16)30(27,28)22-12-2-3-13-22/h4-10H,2-3,11-14H2,1H3,(H,21,24). The maximum absolute atomic E-state index is 12.5. The van der Waals surface area contributed by atoms with Gasteiger partial charge in [-0.05, 0) is 50.1 Å². The van der Waals surface area contributed by atoms with E-state index in [2.05, 4.69) is 5.32 Å². The first-order chi connectivity index (χ1) is 14.3. The van der Waals surface area contributed by atoms with Crippen molar-refractivity contribution < 1.29 is 22.9 Å². The average molecular weight is 433 g/mol. The van der Waals surface area contributed by atoms with E-state index >= 15 is 0 Å². The molecule has 0 radical (unpaired) electrons. The molecule has 1 aliphatic rings. The summed E-state index contributed by atoms with van der Waals surface area (Å²) in [5.74, 6) is 0.0583. The van der Waals surface area contributed by atoms with E-state index < -0.39 is 20.9 Å². The van der Waals surface area contributed by atoms with E-state index in [0.29, 0.717) is 24.4 Å². The molecule has 2 aromatic rings. The van der Waals surface area contributed by atoms with Crippen LogP contribution in [0.1, 0.15) is 28.8 Å². The van der Waals surface area contributed by atoms with Gasteiger partial charge in [0, 0.05) is 30.3 Å². The number of benzene rings is 2. The number of ether oxygens (including phenoxy) is 1. The molecule has 30 heavy (non-hydrogen) atoms. The smallest absolute Gasteiger partial charge is 0.273 e. The van der Waals surface area contributed by atoms with Gasteiger partial charge in [0.05, 0.1) is 16.4 Å². The van der Waals surface area contributed by atoms with Crippen molar-refractivity contribution in [2.75, 3.05) is 26.2 Å². The number of sulfonamides is 1. The highest BCUT2D eigenvalue weighted by Crippen LogP contribution is 2.23. The Kier molecular flexibility index (Phi) is 6.68. The second-order valence-electron chi connectivity index (χ2n) is 6.89. The third-order valence-electron chi connectivity index (χ3n) is 4.93. The van der Waals surface area contributed by atoms with Crippen LogP contribution < -0.4 is 10.1 Å². The van der Waals surface area contributed by atoms with Gasteiger partial charge in [-0.15, -0.1) is 0 Å². The summed E-state index contributed by atoms with van der Waals surface area (Å²) in [4.78, 5) is 23.0. The average Bonchev–Trinajstić information content (AvgIpc) is 3.27. The predicted octanol–water partition coefficient (Wildman–Crippen LogP) is 2.50. The Morgan fingerprint density at radius 1 is 1.17 bits per heavy atom. The summed E-state index contributed by atoms with van der Waals surface area (Å²) in [5, 5.41) is 13.6. The van der Waals surface area contributed by atoms with Crippen LogP contribution in [0.3, 0.4) is 0 Å². The van der Waals surface area contributed by atoms with Crippen LogP contribution in [0, 0.1) is 17.0 Å². The molecule has 2 aromatic carbocycles. The van der Waals surface area contributed by atoms with Crippen molar-refractivity contribution in [1.29, 1.82) is 0 Å². The van der Waals surface area contributed by atoms with Crippen molar-refractivity contribution in [2.24, 2.45) is 0 Å². The van der Waals surface area contributed by atoms with Crippen molar-refractivity contribution >= 4 is 21.6 Å². The molecule has 0 atom stereocenters. The summed E-state index contributed by atoms with van der Waals surface area (Å²) in [5.41, 5.74) is 0.430. The van der Waals surface area contributed by atoms with Gasteiger partial charge in [-0.3, -0.25) is 14.9 Å². The van der Waals surface area contributed by atoms with Crippen molar-refractivity contribution in [3.05, 3.63) is 63.7 Å². The number of nitrogens with one attached hydrogen (secondary N) is 1. The van der Waals surface area contributed by atoms with E-state index in [0.717, 1.165) is 12.8 Å². The van der Waals surface area contributed by atoms with E-state index in [-0.39, 0.29) is 29.3 Å². The Hall–Kier alpha value is -2.98. The summed E-state index contributed by atoms with van der Waals surface area (Å²) in [6, 6.07) is 10.5. The molecule has 1 fully saturated rings. The largest absolute Gasteiger partial charge is 0.492 e. The molecule has 1 amide bonds. The topological polar surface area (TPSA) is 119 Å². The first-order valence-electron chi connectivity index (χ1n) is 9.56. The number of rotatable bonds is 8. The van der Waals surface area contributed by atoms with Gasteiger partial charge >= 0.3 is 0 Å². The van der Waals surface area contributed by atoms with Crippen LogP contribution in [-0.4, -0.2) is 49.8 Å². The summed E-state index contributed by atoms with van der Waals surface area (Å²) in [6.07, 6.45) is 1.75. The molecule has 0 saturated carbocycles. The van der Waals surface area contributed by atoms with E-state index in [1.807, 2.05) is 0 Å². The third-order valence-corrected chi connectivity index (χ3v) is 6.84. The van der Waals surface area contributed by atoms with Crippen LogP contribution in [0.25, 0.3) is 0 Å². The normalized spacial score (nSPS) is 14.4. The minimum absolute atomic E-state index is 0.108. The lowest BCUT2D eigenvalue weighted by Gasteiger charge is -2.15. The lowest BCUT2D eigenvalue weighted by molar-refractivity contribution is -0.385. The second kappa shape index (κ2) is 9.23. The van der Waals surface area contributed by atoms with Crippen molar-refractivity contribution in [2.45, 2.75) is 24.7 Å². The molecule has 0 spiro atoms. The summed E-state index contributed by atoms with van der Waals surface area (Å²) < 4.78 is 32.0. The van der Waals surface area contributed by atoms with Gasteiger partial charge in [0.15, 0.2) is 0 Å². The number of nitro benzene ring substituents is 1. The highest BCUT2D eigenvalue weighted by atomic mass is 32.2. The van der Waals surface area contributed by atoms with Gasteiger partial charge in [0.1, 0.15) is 12.4 Å². The number of amides is 1. The Morgan fingerprint density at radius 2 is 1.83 bits per heavy atom. The maximum atomic E-state index is 12.5. The van der Waals surface area contributed by atoms with Crippen molar-refractivity contribution in [1.82, 2.24) is 9.62 Å². The first kappa shape index (κ1) is 21.7. The van der Waals surface area contributed by atoms with Gasteiger partial charge < -0.3 is 10.1 Å². The van der Waals surface area contributed by atoms with Crippen LogP contribution in [0.4, 0.5) is 5.69 Å². The molecular formula is C20H23N3O6S. The maximum Gasteiger partial charge on any atom is 0.273 e. The zero-order valence-electron chi connectivity index (χ0n) is 16.5. The molecule has 0 aromatic heterocycles. The molecule has 1 saturated heterocycles. The van der Waals surface area contributed by atoms with Gasteiger partial charge in [0.2, 0.25) is 10.0 Å². The number of nitro groups is 1. The zero-order valence-corrected chi connectivity index (χ0v) is 17.4. The Morgan fingerprint density at radius 3 is 2.47 bits per heavy atom. The summed E-state index contributed by atoms with van der Waals surface area (Å²) >= 11 is 0. The monoisotopic (exact) mass is 433 g/mol.